The summed E-state index contributed by atoms with van der Waals surface area (Å²) in [4.78, 5) is 11.6. The van der Waals surface area contributed by atoms with Crippen molar-refractivity contribution in [1.29, 1.82) is 0 Å². The lowest BCUT2D eigenvalue weighted by atomic mass is 9.46. The molecule has 4 aliphatic rings. The van der Waals surface area contributed by atoms with Crippen molar-refractivity contribution in [3.05, 3.63) is 35.4 Å². The Morgan fingerprint density at radius 3 is 2.12 bits per heavy atom. The molecule has 0 aliphatic heterocycles. The Kier molecular flexibility index (Phi) is 4.64. The molecular formula is C23H32O2. The fourth-order valence-corrected chi connectivity index (χ4v) is 6.89. The van der Waals surface area contributed by atoms with Crippen molar-refractivity contribution < 1.29 is 9.53 Å². The molecule has 0 spiro atoms. The zero-order valence-electron chi connectivity index (χ0n) is 15.8. The minimum atomic E-state index is -0.244. The highest BCUT2D eigenvalue weighted by atomic mass is 16.5. The second-order valence-electron chi connectivity index (χ2n) is 9.11. The monoisotopic (exact) mass is 340 g/mol. The van der Waals surface area contributed by atoms with Gasteiger partial charge in [0.25, 0.3) is 0 Å². The van der Waals surface area contributed by atoms with Crippen molar-refractivity contribution in [2.75, 3.05) is 7.11 Å². The van der Waals surface area contributed by atoms with Crippen LogP contribution < -0.4 is 0 Å². The molecule has 136 valence electrons. The van der Waals surface area contributed by atoms with Gasteiger partial charge in [-0.05, 0) is 98.1 Å². The van der Waals surface area contributed by atoms with Crippen LogP contribution in [0.2, 0.25) is 0 Å². The van der Waals surface area contributed by atoms with Gasteiger partial charge in [-0.1, -0.05) is 25.5 Å². The Morgan fingerprint density at radius 2 is 1.64 bits per heavy atom. The van der Waals surface area contributed by atoms with E-state index in [0.29, 0.717) is 11.0 Å². The van der Waals surface area contributed by atoms with Crippen LogP contribution in [0.1, 0.15) is 74.2 Å². The Bertz CT molecular complexity index is 580. The molecule has 0 saturated heterocycles. The van der Waals surface area contributed by atoms with Gasteiger partial charge in [-0.15, -0.1) is 0 Å². The highest BCUT2D eigenvalue weighted by Gasteiger charge is 2.53. The minimum absolute atomic E-state index is 0.244. The molecule has 2 heteroatoms. The fourth-order valence-electron chi connectivity index (χ4n) is 6.89. The highest BCUT2D eigenvalue weighted by molar-refractivity contribution is 5.89. The molecule has 5 rings (SSSR count). The number of esters is 1. The molecule has 0 heterocycles. The Hall–Kier alpha value is -1.31. The Balaban J connectivity index is 1.42. The van der Waals surface area contributed by atoms with Crippen LogP contribution in [0.4, 0.5) is 0 Å². The number of hydrogen-bond acceptors (Lipinski definition) is 2. The van der Waals surface area contributed by atoms with E-state index in [2.05, 4.69) is 19.1 Å². The van der Waals surface area contributed by atoms with Gasteiger partial charge in [0.05, 0.1) is 12.7 Å². The molecule has 0 N–H and O–H groups in total. The average molecular weight is 341 g/mol. The maximum atomic E-state index is 11.6. The fraction of sp³-hybridized carbons (Fsp3) is 0.696. The van der Waals surface area contributed by atoms with E-state index in [4.69, 9.17) is 4.74 Å². The first-order valence-corrected chi connectivity index (χ1v) is 10.3. The van der Waals surface area contributed by atoms with Gasteiger partial charge in [0.15, 0.2) is 0 Å². The van der Waals surface area contributed by atoms with Crippen molar-refractivity contribution in [1.82, 2.24) is 0 Å². The molecule has 1 unspecified atom stereocenters. The lowest BCUT2D eigenvalue weighted by molar-refractivity contribution is -0.0898. The van der Waals surface area contributed by atoms with Crippen LogP contribution in [0.3, 0.4) is 0 Å². The molecule has 4 saturated carbocycles. The van der Waals surface area contributed by atoms with Gasteiger partial charge in [-0.3, -0.25) is 0 Å². The minimum Gasteiger partial charge on any atom is -0.465 e. The standard InChI is InChI=1S/C23H32O2/c1-3-21(9-6-16-4-7-20(8-5-16)22(24)25-2)23-13-17-10-18(14-23)12-19(11-17)15-23/h4-5,7-8,17-19,21H,3,6,9-15H2,1-2H3. The van der Waals surface area contributed by atoms with E-state index in [9.17, 15) is 4.79 Å². The van der Waals surface area contributed by atoms with Gasteiger partial charge in [0, 0.05) is 0 Å². The topological polar surface area (TPSA) is 26.3 Å². The van der Waals surface area contributed by atoms with Gasteiger partial charge >= 0.3 is 5.97 Å². The summed E-state index contributed by atoms with van der Waals surface area (Å²) in [5.41, 5.74) is 2.67. The molecule has 1 aromatic rings. The lowest BCUT2D eigenvalue weighted by Crippen LogP contribution is -2.49. The van der Waals surface area contributed by atoms with Gasteiger partial charge in [-0.25, -0.2) is 4.79 Å². The number of benzene rings is 1. The zero-order valence-corrected chi connectivity index (χ0v) is 15.8. The second-order valence-corrected chi connectivity index (χ2v) is 9.11. The largest absolute Gasteiger partial charge is 0.465 e. The SMILES string of the molecule is CCC(CCc1ccc(C(=O)OC)cc1)C12CC3CC(CC(C3)C1)C2. The molecule has 4 fully saturated rings. The Morgan fingerprint density at radius 1 is 1.08 bits per heavy atom. The van der Waals surface area contributed by atoms with Crippen molar-refractivity contribution >= 4 is 5.97 Å². The van der Waals surface area contributed by atoms with Crippen LogP contribution in [-0.4, -0.2) is 13.1 Å². The summed E-state index contributed by atoms with van der Waals surface area (Å²) < 4.78 is 4.79. The first-order chi connectivity index (χ1) is 12.1. The van der Waals surface area contributed by atoms with Crippen LogP contribution in [0.5, 0.6) is 0 Å². The van der Waals surface area contributed by atoms with Gasteiger partial charge in [-0.2, -0.15) is 0 Å². The van der Waals surface area contributed by atoms with Crippen LogP contribution in [0.15, 0.2) is 24.3 Å². The van der Waals surface area contributed by atoms with E-state index < -0.39 is 0 Å². The van der Waals surface area contributed by atoms with Crippen molar-refractivity contribution in [3.8, 4) is 0 Å². The number of ether oxygens (including phenoxy) is 1. The summed E-state index contributed by atoms with van der Waals surface area (Å²) >= 11 is 0. The van der Waals surface area contributed by atoms with Crippen molar-refractivity contribution in [2.24, 2.45) is 29.1 Å². The number of rotatable bonds is 6. The van der Waals surface area contributed by atoms with Crippen LogP contribution in [-0.2, 0) is 11.2 Å². The highest BCUT2D eigenvalue weighted by Crippen LogP contribution is 2.63. The smallest absolute Gasteiger partial charge is 0.337 e. The molecule has 4 aliphatic carbocycles. The second kappa shape index (κ2) is 6.78. The van der Waals surface area contributed by atoms with Crippen LogP contribution in [0.25, 0.3) is 0 Å². The zero-order chi connectivity index (χ0) is 17.4. The first-order valence-electron chi connectivity index (χ1n) is 10.3. The number of carbonyl (C=O) groups is 1. The van der Waals surface area contributed by atoms with E-state index in [1.165, 1.54) is 64.0 Å². The normalized spacial score (nSPS) is 34.1. The maximum Gasteiger partial charge on any atom is 0.337 e. The predicted molar refractivity (Wildman–Crippen MR) is 100 cm³/mol. The third-order valence-corrected chi connectivity index (χ3v) is 7.60. The van der Waals surface area contributed by atoms with E-state index in [1.54, 1.807) is 0 Å². The number of hydrogen-bond donors (Lipinski definition) is 0. The number of aryl methyl sites for hydroxylation is 1. The molecule has 0 radical (unpaired) electrons. The molecule has 1 aromatic carbocycles. The molecule has 4 bridgehead atoms. The molecule has 2 nitrogen and oxygen atoms in total. The summed E-state index contributed by atoms with van der Waals surface area (Å²) in [7, 11) is 1.44. The number of carbonyl (C=O) groups excluding carboxylic acids is 1. The molecule has 1 atom stereocenters. The van der Waals surface area contributed by atoms with E-state index in [1.807, 2.05) is 12.1 Å². The van der Waals surface area contributed by atoms with E-state index in [-0.39, 0.29) is 5.97 Å². The van der Waals surface area contributed by atoms with E-state index in [0.717, 1.165) is 30.1 Å². The summed E-state index contributed by atoms with van der Waals surface area (Å²) in [5, 5.41) is 0. The molecular weight excluding hydrogens is 308 g/mol. The third-order valence-electron chi connectivity index (χ3n) is 7.60. The Labute approximate surface area is 152 Å². The van der Waals surface area contributed by atoms with Gasteiger partial charge in [0.1, 0.15) is 0 Å². The molecule has 0 aromatic heterocycles. The summed E-state index contributed by atoms with van der Waals surface area (Å²) in [6.45, 7) is 2.41. The summed E-state index contributed by atoms with van der Waals surface area (Å²) in [6.07, 6.45) is 12.9. The van der Waals surface area contributed by atoms with Crippen LogP contribution in [0, 0.1) is 29.1 Å². The lowest BCUT2D eigenvalue weighted by Gasteiger charge is -2.59. The van der Waals surface area contributed by atoms with Crippen molar-refractivity contribution in [3.63, 3.8) is 0 Å². The summed E-state index contributed by atoms with van der Waals surface area (Å²) in [6, 6.07) is 8.04. The third kappa shape index (κ3) is 3.25. The number of methoxy groups -OCH3 is 1. The van der Waals surface area contributed by atoms with E-state index >= 15 is 0 Å². The first kappa shape index (κ1) is 17.1. The maximum absolute atomic E-state index is 11.6. The average Bonchev–Trinajstić information content (AvgIpc) is 2.61. The van der Waals surface area contributed by atoms with Crippen LogP contribution >= 0.6 is 0 Å². The molecule has 0 amide bonds. The predicted octanol–water partition coefficient (Wildman–Crippen LogP) is 5.65. The van der Waals surface area contributed by atoms with Gasteiger partial charge in [0.2, 0.25) is 0 Å². The quantitative estimate of drug-likeness (QED) is 0.626. The molecule has 25 heavy (non-hydrogen) atoms. The van der Waals surface area contributed by atoms with Gasteiger partial charge < -0.3 is 4.74 Å². The summed E-state index contributed by atoms with van der Waals surface area (Å²) in [5.74, 6) is 3.76. The van der Waals surface area contributed by atoms with Crippen molar-refractivity contribution in [2.45, 2.75) is 64.7 Å².